The van der Waals surface area contributed by atoms with Gasteiger partial charge in [-0.3, -0.25) is 14.4 Å². The van der Waals surface area contributed by atoms with Gasteiger partial charge in [-0.25, -0.2) is 0 Å². The Kier molecular flexibility index (Phi) is 11.8. The lowest BCUT2D eigenvalue weighted by molar-refractivity contribution is -0.162. The van der Waals surface area contributed by atoms with Gasteiger partial charge in [0.25, 0.3) is 0 Å². The van der Waals surface area contributed by atoms with Crippen LogP contribution in [0, 0.1) is 17.3 Å². The summed E-state index contributed by atoms with van der Waals surface area (Å²) in [5.74, 6) is -0.336. The van der Waals surface area contributed by atoms with Crippen molar-refractivity contribution in [3.63, 3.8) is 0 Å². The number of aliphatic hydroxyl groups is 1. The maximum absolute atomic E-state index is 12.4. The molecule has 7 nitrogen and oxygen atoms in total. The van der Waals surface area contributed by atoms with E-state index in [0.29, 0.717) is 32.1 Å². The summed E-state index contributed by atoms with van der Waals surface area (Å²) in [6.07, 6.45) is 10.9. The first-order valence-electron chi connectivity index (χ1n) is 12.9. The number of methoxy groups -OCH3 is 2. The normalized spacial score (nSPS) is 30.0. The van der Waals surface area contributed by atoms with Crippen molar-refractivity contribution in [3.05, 3.63) is 24.3 Å². The molecule has 2 saturated carbocycles. The molecular formula is C28H44O7. The Morgan fingerprint density at radius 1 is 0.857 bits per heavy atom. The summed E-state index contributed by atoms with van der Waals surface area (Å²) >= 11 is 0. The van der Waals surface area contributed by atoms with Gasteiger partial charge in [0.05, 0.1) is 31.2 Å². The van der Waals surface area contributed by atoms with Gasteiger partial charge in [-0.1, -0.05) is 39.3 Å². The fraction of sp³-hybridized carbons (Fsp3) is 0.750. The van der Waals surface area contributed by atoms with E-state index in [0.717, 1.165) is 19.3 Å². The molecule has 2 aliphatic rings. The third-order valence-corrected chi connectivity index (χ3v) is 7.49. The molecule has 0 aromatic heterocycles. The Labute approximate surface area is 210 Å². The van der Waals surface area contributed by atoms with Gasteiger partial charge in [-0.2, -0.15) is 0 Å². The van der Waals surface area contributed by atoms with Crippen molar-refractivity contribution in [1.29, 1.82) is 0 Å². The number of hydrogen-bond acceptors (Lipinski definition) is 7. The third kappa shape index (κ3) is 9.98. The Hall–Kier alpha value is -1.83. The number of ketones is 2. The molecule has 2 aliphatic carbocycles. The maximum Gasteiger partial charge on any atom is 0.306 e. The second-order valence-electron chi connectivity index (χ2n) is 10.8. The summed E-state index contributed by atoms with van der Waals surface area (Å²) in [6, 6.07) is 0. The van der Waals surface area contributed by atoms with Crippen molar-refractivity contribution in [2.75, 3.05) is 14.2 Å². The number of ether oxygens (including phenoxy) is 3. The van der Waals surface area contributed by atoms with Gasteiger partial charge >= 0.3 is 5.97 Å². The molecule has 6 atom stereocenters. The van der Waals surface area contributed by atoms with Crippen molar-refractivity contribution in [1.82, 2.24) is 0 Å². The highest BCUT2D eigenvalue weighted by Gasteiger charge is 2.33. The summed E-state index contributed by atoms with van der Waals surface area (Å²) in [6.45, 7) is 6.17. The van der Waals surface area contributed by atoms with Crippen LogP contribution in [0.15, 0.2) is 24.3 Å². The maximum atomic E-state index is 12.4. The molecule has 0 aromatic rings. The van der Waals surface area contributed by atoms with Crippen LogP contribution in [0.1, 0.15) is 78.6 Å². The predicted molar refractivity (Wildman–Crippen MR) is 134 cm³/mol. The zero-order valence-electron chi connectivity index (χ0n) is 22.0. The molecule has 2 rings (SSSR count). The molecule has 0 saturated heterocycles. The zero-order chi connectivity index (χ0) is 26.0. The number of aliphatic hydroxyl groups excluding tert-OH is 1. The number of esters is 1. The van der Waals surface area contributed by atoms with Crippen molar-refractivity contribution in [3.8, 4) is 0 Å². The van der Waals surface area contributed by atoms with Gasteiger partial charge in [0.15, 0.2) is 11.6 Å². The second kappa shape index (κ2) is 14.0. The SMILES string of the molecule is CCC(C)(C)CC(=O)O[C@@H]1CCC(/C=C/C(=O)CC(=O)/C=C/C2CCC(O)C(OC)C2)CC1OC. The lowest BCUT2D eigenvalue weighted by Gasteiger charge is -2.34. The first-order chi connectivity index (χ1) is 16.6. The molecule has 0 amide bonds. The Morgan fingerprint density at radius 2 is 1.40 bits per heavy atom. The summed E-state index contributed by atoms with van der Waals surface area (Å²) in [5.41, 5.74) is -0.0855. The molecule has 5 unspecified atom stereocenters. The minimum absolute atomic E-state index is 0.0855. The largest absolute Gasteiger partial charge is 0.460 e. The van der Waals surface area contributed by atoms with E-state index in [9.17, 15) is 19.5 Å². The lowest BCUT2D eigenvalue weighted by atomic mass is 9.84. The van der Waals surface area contributed by atoms with Crippen LogP contribution in [0.3, 0.4) is 0 Å². The topological polar surface area (TPSA) is 99.1 Å². The number of hydrogen-bond donors (Lipinski definition) is 1. The van der Waals surface area contributed by atoms with Crippen molar-refractivity contribution in [2.45, 2.75) is 103 Å². The van der Waals surface area contributed by atoms with Gasteiger partial charge in [0.2, 0.25) is 0 Å². The van der Waals surface area contributed by atoms with E-state index in [4.69, 9.17) is 14.2 Å². The van der Waals surface area contributed by atoms with E-state index in [2.05, 4.69) is 20.8 Å². The van der Waals surface area contributed by atoms with Crippen LogP contribution in [0.5, 0.6) is 0 Å². The molecule has 35 heavy (non-hydrogen) atoms. The minimum Gasteiger partial charge on any atom is -0.460 e. The average molecular weight is 493 g/mol. The third-order valence-electron chi connectivity index (χ3n) is 7.49. The second-order valence-corrected chi connectivity index (χ2v) is 10.8. The van der Waals surface area contributed by atoms with Crippen molar-refractivity contribution >= 4 is 17.5 Å². The molecule has 0 bridgehead atoms. The summed E-state index contributed by atoms with van der Waals surface area (Å²) in [5, 5.41) is 9.89. The van der Waals surface area contributed by atoms with Crippen molar-refractivity contribution in [2.24, 2.45) is 17.3 Å². The average Bonchev–Trinajstić information content (AvgIpc) is 2.82. The monoisotopic (exact) mass is 492 g/mol. The molecular weight excluding hydrogens is 448 g/mol. The van der Waals surface area contributed by atoms with Gasteiger partial charge in [0, 0.05) is 14.2 Å². The van der Waals surface area contributed by atoms with Crippen LogP contribution in [-0.4, -0.2) is 61.3 Å². The predicted octanol–water partition coefficient (Wildman–Crippen LogP) is 4.36. The summed E-state index contributed by atoms with van der Waals surface area (Å²) in [7, 11) is 3.20. The lowest BCUT2D eigenvalue weighted by Crippen LogP contribution is -2.39. The van der Waals surface area contributed by atoms with E-state index in [1.54, 1.807) is 14.2 Å². The first kappa shape index (κ1) is 29.4. The van der Waals surface area contributed by atoms with E-state index in [1.807, 2.05) is 12.2 Å². The quantitative estimate of drug-likeness (QED) is 0.246. The molecule has 0 heterocycles. The van der Waals surface area contributed by atoms with E-state index in [1.165, 1.54) is 12.2 Å². The fourth-order valence-electron chi connectivity index (χ4n) is 4.76. The number of carbonyl (C=O) groups excluding carboxylic acids is 3. The van der Waals surface area contributed by atoms with Gasteiger partial charge in [-0.05, 0) is 67.9 Å². The number of rotatable bonds is 12. The Balaban J connectivity index is 1.78. The van der Waals surface area contributed by atoms with Gasteiger partial charge < -0.3 is 19.3 Å². The van der Waals surface area contributed by atoms with Crippen LogP contribution in [-0.2, 0) is 28.6 Å². The molecule has 0 spiro atoms. The molecule has 0 radical (unpaired) electrons. The summed E-state index contributed by atoms with van der Waals surface area (Å²) < 4.78 is 16.6. The van der Waals surface area contributed by atoms with E-state index in [-0.39, 0.29) is 59.5 Å². The van der Waals surface area contributed by atoms with E-state index >= 15 is 0 Å². The van der Waals surface area contributed by atoms with Gasteiger partial charge in [-0.15, -0.1) is 0 Å². The molecule has 2 fully saturated rings. The molecule has 7 heteroatoms. The van der Waals surface area contributed by atoms with Crippen molar-refractivity contribution < 1.29 is 33.7 Å². The van der Waals surface area contributed by atoms with Crippen LogP contribution < -0.4 is 0 Å². The first-order valence-corrected chi connectivity index (χ1v) is 12.9. The van der Waals surface area contributed by atoms with Gasteiger partial charge in [0.1, 0.15) is 6.10 Å². The van der Waals surface area contributed by atoms with E-state index < -0.39 is 6.10 Å². The molecule has 0 aromatic carbocycles. The molecule has 0 aliphatic heterocycles. The standard InChI is InChI=1S/C28H44O7/c1-6-28(2,3)18-27(32)35-24-14-10-20(16-26(24)34-5)8-12-22(30)17-21(29)11-7-19-9-13-23(31)25(15-19)33-4/h7-8,11-12,19-20,23-26,31H,6,9-10,13-18H2,1-5H3/b11-7+,12-8+/t19?,20?,23?,24-,25?,26?/m1/s1. The molecule has 198 valence electrons. The van der Waals surface area contributed by atoms with Crippen LogP contribution in [0.4, 0.5) is 0 Å². The number of carbonyl (C=O) groups is 3. The smallest absolute Gasteiger partial charge is 0.306 e. The highest BCUT2D eigenvalue weighted by molar-refractivity contribution is 6.08. The highest BCUT2D eigenvalue weighted by atomic mass is 16.6. The Bertz CT molecular complexity index is 769. The number of allylic oxidation sites excluding steroid dienone is 4. The van der Waals surface area contributed by atoms with Crippen LogP contribution >= 0.6 is 0 Å². The highest BCUT2D eigenvalue weighted by Crippen LogP contribution is 2.31. The Morgan fingerprint density at radius 3 is 1.94 bits per heavy atom. The fourth-order valence-corrected chi connectivity index (χ4v) is 4.76. The summed E-state index contributed by atoms with van der Waals surface area (Å²) in [4.78, 5) is 36.9. The van der Waals surface area contributed by atoms with Crippen LogP contribution in [0.2, 0.25) is 0 Å². The zero-order valence-corrected chi connectivity index (χ0v) is 22.0. The van der Waals surface area contributed by atoms with Crippen LogP contribution in [0.25, 0.3) is 0 Å². The minimum atomic E-state index is -0.458. The molecule has 1 N–H and O–H groups in total.